The number of fused-ring (bicyclic) bond motifs is 3. The van der Waals surface area contributed by atoms with Crippen LogP contribution in [0.5, 0.6) is 11.5 Å². The number of hydrogen-bond acceptors (Lipinski definition) is 4. The number of hydrogen-bond donors (Lipinski definition) is 0. The number of ether oxygens (including phenoxy) is 3. The minimum Gasteiger partial charge on any atom is -0.491 e. The van der Waals surface area contributed by atoms with Crippen molar-refractivity contribution < 1.29 is 23.4 Å². The SMILES string of the molecule is Cc1ccccc1OCC(=O)N1CCOCCOc2ccc(F)cc2Cc2cccc(c2)C1. The van der Waals surface area contributed by atoms with E-state index in [0.717, 1.165) is 22.3 Å². The van der Waals surface area contributed by atoms with Crippen LogP contribution < -0.4 is 9.47 Å². The van der Waals surface area contributed by atoms with Crippen molar-refractivity contribution in [3.05, 3.63) is 94.8 Å². The smallest absolute Gasteiger partial charge is 0.260 e. The van der Waals surface area contributed by atoms with Crippen LogP contribution in [0.3, 0.4) is 0 Å². The average molecular weight is 450 g/mol. The highest BCUT2D eigenvalue weighted by molar-refractivity contribution is 5.77. The van der Waals surface area contributed by atoms with Crippen molar-refractivity contribution >= 4 is 5.91 Å². The number of para-hydroxylation sites is 1. The number of aryl methyl sites for hydroxylation is 1. The third-order valence-corrected chi connectivity index (χ3v) is 5.57. The summed E-state index contributed by atoms with van der Waals surface area (Å²) in [6.45, 7) is 3.91. The van der Waals surface area contributed by atoms with Gasteiger partial charge in [0.2, 0.25) is 0 Å². The summed E-state index contributed by atoms with van der Waals surface area (Å²) in [7, 11) is 0. The lowest BCUT2D eigenvalue weighted by Crippen LogP contribution is -2.37. The van der Waals surface area contributed by atoms with Crippen LogP contribution in [-0.4, -0.2) is 43.8 Å². The summed E-state index contributed by atoms with van der Waals surface area (Å²) in [5, 5.41) is 0. The van der Waals surface area contributed by atoms with Gasteiger partial charge in [-0.3, -0.25) is 4.79 Å². The molecule has 0 saturated heterocycles. The predicted octanol–water partition coefficient (Wildman–Crippen LogP) is 4.54. The molecule has 172 valence electrons. The fourth-order valence-corrected chi connectivity index (χ4v) is 3.83. The molecule has 0 saturated carbocycles. The van der Waals surface area contributed by atoms with E-state index in [0.29, 0.717) is 50.8 Å². The van der Waals surface area contributed by atoms with Crippen molar-refractivity contribution in [2.24, 2.45) is 0 Å². The normalized spacial score (nSPS) is 14.5. The molecule has 3 aromatic carbocycles. The second-order valence-corrected chi connectivity index (χ2v) is 8.08. The first kappa shape index (κ1) is 22.8. The van der Waals surface area contributed by atoms with Gasteiger partial charge in [-0.25, -0.2) is 4.39 Å². The van der Waals surface area contributed by atoms with E-state index in [1.807, 2.05) is 55.5 Å². The lowest BCUT2D eigenvalue weighted by Gasteiger charge is -2.24. The van der Waals surface area contributed by atoms with E-state index in [9.17, 15) is 9.18 Å². The zero-order valence-corrected chi connectivity index (χ0v) is 18.8. The minimum absolute atomic E-state index is 0.0414. The maximum atomic E-state index is 13.9. The first-order valence-corrected chi connectivity index (χ1v) is 11.1. The number of rotatable bonds is 3. The molecule has 2 bridgehead atoms. The zero-order chi connectivity index (χ0) is 23.0. The monoisotopic (exact) mass is 449 g/mol. The van der Waals surface area contributed by atoms with Gasteiger partial charge in [0, 0.05) is 25.1 Å². The highest BCUT2D eigenvalue weighted by Gasteiger charge is 2.17. The Hall–Kier alpha value is -3.38. The summed E-state index contributed by atoms with van der Waals surface area (Å²) < 4.78 is 31.2. The third kappa shape index (κ3) is 6.33. The van der Waals surface area contributed by atoms with E-state index in [4.69, 9.17) is 14.2 Å². The van der Waals surface area contributed by atoms with Crippen LogP contribution in [0.2, 0.25) is 0 Å². The third-order valence-electron chi connectivity index (χ3n) is 5.57. The van der Waals surface area contributed by atoms with Gasteiger partial charge >= 0.3 is 0 Å². The fraction of sp³-hybridized carbons (Fsp3) is 0.296. The predicted molar refractivity (Wildman–Crippen MR) is 124 cm³/mol. The molecule has 0 radical (unpaired) electrons. The molecule has 0 unspecified atom stereocenters. The Kier molecular flexibility index (Phi) is 7.58. The molecule has 33 heavy (non-hydrogen) atoms. The molecule has 5 nitrogen and oxygen atoms in total. The Bertz CT molecular complexity index is 1100. The van der Waals surface area contributed by atoms with E-state index in [1.165, 1.54) is 12.1 Å². The van der Waals surface area contributed by atoms with Gasteiger partial charge in [-0.15, -0.1) is 0 Å². The second-order valence-electron chi connectivity index (χ2n) is 8.08. The number of benzene rings is 3. The van der Waals surface area contributed by atoms with Gasteiger partial charge in [-0.1, -0.05) is 42.5 Å². The van der Waals surface area contributed by atoms with Gasteiger partial charge in [0.25, 0.3) is 5.91 Å². The molecule has 1 aliphatic heterocycles. The van der Waals surface area contributed by atoms with Gasteiger partial charge in [-0.05, 0) is 47.9 Å². The van der Waals surface area contributed by atoms with E-state index < -0.39 is 0 Å². The lowest BCUT2D eigenvalue weighted by atomic mass is 10.0. The van der Waals surface area contributed by atoms with Crippen LogP contribution in [0.25, 0.3) is 0 Å². The number of carbonyl (C=O) groups excluding carboxylic acids is 1. The molecular weight excluding hydrogens is 421 g/mol. The molecule has 0 N–H and O–H groups in total. The van der Waals surface area contributed by atoms with Crippen LogP contribution >= 0.6 is 0 Å². The van der Waals surface area contributed by atoms with Crippen molar-refractivity contribution in [2.75, 3.05) is 33.0 Å². The summed E-state index contributed by atoms with van der Waals surface area (Å²) in [6.07, 6.45) is 0.534. The largest absolute Gasteiger partial charge is 0.491 e. The van der Waals surface area contributed by atoms with Gasteiger partial charge in [0.15, 0.2) is 6.61 Å². The van der Waals surface area contributed by atoms with Crippen molar-refractivity contribution in [3.8, 4) is 11.5 Å². The minimum atomic E-state index is -0.295. The van der Waals surface area contributed by atoms with Crippen molar-refractivity contribution in [2.45, 2.75) is 19.9 Å². The summed E-state index contributed by atoms with van der Waals surface area (Å²) in [6, 6.07) is 20.2. The van der Waals surface area contributed by atoms with Crippen LogP contribution in [-0.2, 0) is 22.5 Å². The summed E-state index contributed by atoms with van der Waals surface area (Å²) >= 11 is 0. The molecule has 1 amide bonds. The molecule has 1 aliphatic rings. The van der Waals surface area contributed by atoms with Crippen molar-refractivity contribution in [1.29, 1.82) is 0 Å². The average Bonchev–Trinajstić information content (AvgIpc) is 2.81. The molecule has 6 heteroatoms. The summed E-state index contributed by atoms with van der Waals surface area (Å²) in [5.74, 6) is 0.959. The number of nitrogens with zero attached hydrogens (tertiary/aromatic N) is 1. The maximum absolute atomic E-state index is 13.9. The molecule has 1 heterocycles. The highest BCUT2D eigenvalue weighted by atomic mass is 19.1. The Labute approximate surface area is 193 Å². The molecule has 0 aliphatic carbocycles. The molecule has 0 aromatic heterocycles. The molecule has 0 fully saturated rings. The van der Waals surface area contributed by atoms with Gasteiger partial charge < -0.3 is 19.1 Å². The van der Waals surface area contributed by atoms with Gasteiger partial charge in [0.1, 0.15) is 23.9 Å². The number of halogens is 1. The van der Waals surface area contributed by atoms with E-state index in [1.54, 1.807) is 11.0 Å². The molecule has 0 spiro atoms. The Balaban J connectivity index is 1.52. The quantitative estimate of drug-likeness (QED) is 0.589. The first-order chi connectivity index (χ1) is 16.1. The van der Waals surface area contributed by atoms with Crippen LogP contribution in [0, 0.1) is 12.7 Å². The van der Waals surface area contributed by atoms with Gasteiger partial charge in [-0.2, -0.15) is 0 Å². The summed E-state index contributed by atoms with van der Waals surface area (Å²) in [4.78, 5) is 14.7. The molecule has 3 aromatic rings. The lowest BCUT2D eigenvalue weighted by molar-refractivity contribution is -0.134. The van der Waals surface area contributed by atoms with E-state index >= 15 is 0 Å². The Morgan fingerprint density at radius 3 is 2.73 bits per heavy atom. The Morgan fingerprint density at radius 1 is 1.00 bits per heavy atom. The Morgan fingerprint density at radius 2 is 1.85 bits per heavy atom. The fourth-order valence-electron chi connectivity index (χ4n) is 3.83. The number of carbonyl (C=O) groups is 1. The first-order valence-electron chi connectivity index (χ1n) is 11.1. The molecule has 4 rings (SSSR count). The van der Waals surface area contributed by atoms with E-state index in [2.05, 4.69) is 0 Å². The summed E-state index contributed by atoms with van der Waals surface area (Å²) in [5.41, 5.74) is 3.79. The van der Waals surface area contributed by atoms with E-state index in [-0.39, 0.29) is 18.3 Å². The topological polar surface area (TPSA) is 48.0 Å². The zero-order valence-electron chi connectivity index (χ0n) is 18.8. The van der Waals surface area contributed by atoms with Crippen LogP contribution in [0.15, 0.2) is 66.7 Å². The molecular formula is C27H28FNO4. The van der Waals surface area contributed by atoms with Crippen molar-refractivity contribution in [3.63, 3.8) is 0 Å². The number of amides is 1. The standard InChI is InChI=1S/C27H28FNO4/c1-20-5-2-3-8-25(20)33-19-27(30)29-11-12-31-13-14-32-26-10-9-24(28)17-23(26)16-21-6-4-7-22(15-21)18-29/h2-10,15,17H,11-14,16,18-19H2,1H3. The highest BCUT2D eigenvalue weighted by Crippen LogP contribution is 2.24. The van der Waals surface area contributed by atoms with Crippen molar-refractivity contribution in [1.82, 2.24) is 4.90 Å². The second kappa shape index (κ2) is 11.0. The van der Waals surface area contributed by atoms with Crippen LogP contribution in [0.1, 0.15) is 22.3 Å². The van der Waals surface area contributed by atoms with Crippen LogP contribution in [0.4, 0.5) is 4.39 Å². The maximum Gasteiger partial charge on any atom is 0.260 e. The van der Waals surface area contributed by atoms with Gasteiger partial charge in [0.05, 0.1) is 13.2 Å². The molecule has 0 atom stereocenters.